The zero-order valence-corrected chi connectivity index (χ0v) is 40.4. The number of carbonyl (C=O) groups excluding carboxylic acids is 3. The van der Waals surface area contributed by atoms with Gasteiger partial charge in [-0.1, -0.05) is 20.8 Å². The highest BCUT2D eigenvalue weighted by Crippen LogP contribution is 2.69. The SMILES string of the molecule is C[C@H](CCCN)[C@H]1CCC2C3C(C[C@H](OCCCNC(=O)OC(C)(C)C)[C@@]21C)[C@@]1(C)CC[C@@H](OCCCNC(=O)OC(C)(C)C)CC1C[C@H]3OCCCNC(=O)OC(C)(C)C. The average molecular weight is 865 g/mol. The maximum Gasteiger partial charge on any atom is 0.407 e. The van der Waals surface area contributed by atoms with Crippen LogP contribution >= 0.6 is 0 Å². The molecule has 0 bridgehead atoms. The van der Waals surface area contributed by atoms with E-state index >= 15 is 0 Å². The van der Waals surface area contributed by atoms with E-state index in [-0.39, 0.29) is 29.1 Å². The molecule has 3 amide bonds. The minimum atomic E-state index is -0.546. The van der Waals surface area contributed by atoms with E-state index in [0.717, 1.165) is 51.4 Å². The summed E-state index contributed by atoms with van der Waals surface area (Å²) in [6, 6.07) is 0. The highest BCUT2D eigenvalue weighted by Gasteiger charge is 2.66. The molecular formula is C48H88N4O9. The summed E-state index contributed by atoms with van der Waals surface area (Å²) in [5.74, 6) is 2.77. The van der Waals surface area contributed by atoms with Crippen molar-refractivity contribution in [3.63, 3.8) is 0 Å². The minimum absolute atomic E-state index is 0.0233. The summed E-state index contributed by atoms with van der Waals surface area (Å²) >= 11 is 0. The number of carbonyl (C=O) groups is 3. The standard InChI is InChI=1S/C48H88N4O9/c1-32(17-13-22-49)35-18-19-36-40-37(31-39(48(35,36)12)58-28-16-25-52-43(55)61-46(8,9)10)47(11)21-20-34(56-26-14-23-50-41(53)59-44(2,3)4)29-33(47)30-38(40)57-27-15-24-51-42(54)60-45(5,6)7/h32-40H,13-31,49H2,1-12H3,(H,50,53)(H,51,54)(H,52,55)/t32-,33?,34-,35-,36?,37?,38-,39+,40?,47+,48-/m1/s1. The molecule has 0 radical (unpaired) electrons. The summed E-state index contributed by atoms with van der Waals surface area (Å²) in [6.07, 6.45) is 10.9. The Hall–Kier alpha value is -2.35. The summed E-state index contributed by atoms with van der Waals surface area (Å²) in [6.45, 7) is 28.3. The summed E-state index contributed by atoms with van der Waals surface area (Å²) in [5, 5.41) is 8.70. The number of amides is 3. The van der Waals surface area contributed by atoms with E-state index in [0.29, 0.717) is 94.3 Å². The lowest BCUT2D eigenvalue weighted by atomic mass is 9.43. The van der Waals surface area contributed by atoms with Crippen molar-refractivity contribution < 1.29 is 42.8 Å². The van der Waals surface area contributed by atoms with Gasteiger partial charge in [0.25, 0.3) is 0 Å². The molecule has 13 nitrogen and oxygen atoms in total. The lowest BCUT2D eigenvalue weighted by Gasteiger charge is -2.65. The average Bonchev–Trinajstić information content (AvgIpc) is 3.49. The Morgan fingerprint density at radius 1 is 0.656 bits per heavy atom. The van der Waals surface area contributed by atoms with Crippen LogP contribution in [0.15, 0.2) is 0 Å². The van der Waals surface area contributed by atoms with Crippen molar-refractivity contribution in [3.05, 3.63) is 0 Å². The van der Waals surface area contributed by atoms with Crippen LogP contribution in [0.4, 0.5) is 14.4 Å². The predicted octanol–water partition coefficient (Wildman–Crippen LogP) is 9.14. The first-order chi connectivity index (χ1) is 28.5. The maximum absolute atomic E-state index is 12.4. The number of nitrogens with one attached hydrogen (secondary N) is 3. The van der Waals surface area contributed by atoms with E-state index in [1.165, 1.54) is 12.8 Å². The van der Waals surface area contributed by atoms with Crippen LogP contribution in [-0.2, 0) is 28.4 Å². The van der Waals surface area contributed by atoms with E-state index < -0.39 is 35.1 Å². The highest BCUT2D eigenvalue weighted by atomic mass is 16.6. The maximum atomic E-state index is 12.4. The van der Waals surface area contributed by atoms with E-state index in [4.69, 9.17) is 34.2 Å². The van der Waals surface area contributed by atoms with Gasteiger partial charge in [-0.15, -0.1) is 0 Å². The van der Waals surface area contributed by atoms with Crippen LogP contribution < -0.4 is 21.7 Å². The Balaban J connectivity index is 1.52. The largest absolute Gasteiger partial charge is 0.444 e. The van der Waals surface area contributed by atoms with Crippen LogP contribution in [0, 0.1) is 46.3 Å². The van der Waals surface area contributed by atoms with Gasteiger partial charge >= 0.3 is 18.3 Å². The fourth-order valence-electron chi connectivity index (χ4n) is 11.7. The quantitative estimate of drug-likeness (QED) is 0.0726. The van der Waals surface area contributed by atoms with Crippen LogP contribution in [0.5, 0.6) is 0 Å². The third-order valence-electron chi connectivity index (χ3n) is 14.3. The Labute approximate surface area is 369 Å². The zero-order valence-electron chi connectivity index (χ0n) is 40.4. The smallest absolute Gasteiger partial charge is 0.407 e. The second kappa shape index (κ2) is 22.0. The topological polar surface area (TPSA) is 169 Å². The van der Waals surface area contributed by atoms with Gasteiger partial charge in [0, 0.05) is 44.9 Å². The van der Waals surface area contributed by atoms with E-state index in [9.17, 15) is 14.4 Å². The molecule has 4 rings (SSSR count). The van der Waals surface area contributed by atoms with E-state index in [2.05, 4.69) is 36.7 Å². The number of hydrogen-bond donors (Lipinski definition) is 4. The van der Waals surface area contributed by atoms with Gasteiger partial charge in [0.05, 0.1) is 18.3 Å². The molecule has 4 unspecified atom stereocenters. The van der Waals surface area contributed by atoms with Crippen molar-refractivity contribution >= 4 is 18.3 Å². The summed E-state index contributed by atoms with van der Waals surface area (Å²) in [7, 11) is 0. The predicted molar refractivity (Wildman–Crippen MR) is 239 cm³/mol. The summed E-state index contributed by atoms with van der Waals surface area (Å²) in [5.41, 5.74) is 4.53. The van der Waals surface area contributed by atoms with Gasteiger partial charge in [0.15, 0.2) is 0 Å². The number of alkyl carbamates (subject to hydrolysis) is 3. The first-order valence-corrected chi connectivity index (χ1v) is 23.9. The van der Waals surface area contributed by atoms with Crippen molar-refractivity contribution in [2.45, 2.75) is 195 Å². The molecule has 0 aromatic rings. The van der Waals surface area contributed by atoms with Crippen LogP contribution in [0.1, 0.15) is 160 Å². The fourth-order valence-corrected chi connectivity index (χ4v) is 11.7. The molecule has 4 aliphatic carbocycles. The molecule has 5 N–H and O–H groups in total. The number of rotatable bonds is 19. The first-order valence-electron chi connectivity index (χ1n) is 23.9. The molecule has 354 valence electrons. The second-order valence-corrected chi connectivity index (χ2v) is 22.3. The van der Waals surface area contributed by atoms with Crippen molar-refractivity contribution in [1.82, 2.24) is 16.0 Å². The molecule has 11 atom stereocenters. The lowest BCUT2D eigenvalue weighted by molar-refractivity contribution is -0.227. The normalized spacial score (nSPS) is 31.8. The number of hydrogen-bond acceptors (Lipinski definition) is 10. The van der Waals surface area contributed by atoms with Gasteiger partial charge in [-0.05, 0) is 187 Å². The van der Waals surface area contributed by atoms with Crippen LogP contribution in [-0.4, -0.2) is 99.4 Å². The van der Waals surface area contributed by atoms with Crippen molar-refractivity contribution in [2.24, 2.45) is 52.1 Å². The number of fused-ring (bicyclic) bond motifs is 5. The molecule has 4 saturated carbocycles. The molecule has 0 aromatic carbocycles. The third kappa shape index (κ3) is 14.8. The second-order valence-electron chi connectivity index (χ2n) is 22.3. The summed E-state index contributed by atoms with van der Waals surface area (Å²) in [4.78, 5) is 37.0. The van der Waals surface area contributed by atoms with E-state index in [1.807, 2.05) is 62.3 Å². The number of ether oxygens (including phenoxy) is 6. The van der Waals surface area contributed by atoms with Crippen LogP contribution in [0.2, 0.25) is 0 Å². The van der Waals surface area contributed by atoms with Gasteiger partial charge in [0.2, 0.25) is 0 Å². The Morgan fingerprint density at radius 2 is 1.16 bits per heavy atom. The first kappa shape index (κ1) is 51.3. The van der Waals surface area contributed by atoms with Crippen molar-refractivity contribution in [3.8, 4) is 0 Å². The number of nitrogens with two attached hydrogens (primary N) is 1. The lowest BCUT2D eigenvalue weighted by Crippen LogP contribution is -2.63. The minimum Gasteiger partial charge on any atom is -0.444 e. The van der Waals surface area contributed by atoms with Crippen LogP contribution in [0.3, 0.4) is 0 Å². The third-order valence-corrected chi connectivity index (χ3v) is 14.3. The molecule has 61 heavy (non-hydrogen) atoms. The summed E-state index contributed by atoms with van der Waals surface area (Å²) < 4.78 is 37.1. The monoisotopic (exact) mass is 865 g/mol. The molecule has 0 aromatic heterocycles. The molecular weight excluding hydrogens is 777 g/mol. The zero-order chi connectivity index (χ0) is 45.2. The molecule has 0 heterocycles. The molecule has 13 heteroatoms. The Kier molecular flexibility index (Phi) is 18.5. The fraction of sp³-hybridized carbons (Fsp3) is 0.938. The van der Waals surface area contributed by atoms with Gasteiger partial charge in [-0.2, -0.15) is 0 Å². The van der Waals surface area contributed by atoms with Gasteiger partial charge in [-0.25, -0.2) is 14.4 Å². The molecule has 0 aliphatic heterocycles. The Bertz CT molecular complexity index is 1390. The van der Waals surface area contributed by atoms with Crippen LogP contribution in [0.25, 0.3) is 0 Å². The van der Waals surface area contributed by atoms with Crippen molar-refractivity contribution in [2.75, 3.05) is 46.0 Å². The highest BCUT2D eigenvalue weighted by molar-refractivity contribution is 5.68. The van der Waals surface area contributed by atoms with E-state index in [1.54, 1.807) is 0 Å². The molecule has 0 saturated heterocycles. The molecule has 4 aliphatic rings. The Morgan fingerprint density at radius 3 is 1.67 bits per heavy atom. The van der Waals surface area contributed by atoms with Crippen molar-refractivity contribution in [1.29, 1.82) is 0 Å². The van der Waals surface area contributed by atoms with Gasteiger partial charge in [0.1, 0.15) is 16.8 Å². The molecule has 4 fully saturated rings. The molecule has 0 spiro atoms. The van der Waals surface area contributed by atoms with Gasteiger partial charge in [-0.3, -0.25) is 0 Å². The van der Waals surface area contributed by atoms with Gasteiger partial charge < -0.3 is 50.1 Å².